The molecule has 0 fully saturated rings. The summed E-state index contributed by atoms with van der Waals surface area (Å²) in [6.45, 7) is 6.82. The van der Waals surface area contributed by atoms with Crippen LogP contribution in [0.4, 0.5) is 0 Å². The molecular weight excluding hydrogens is 266 g/mol. The molecule has 0 aliphatic heterocycles. The molecule has 0 unspecified atom stereocenters. The van der Waals surface area contributed by atoms with Crippen molar-refractivity contribution in [2.24, 2.45) is 7.05 Å². The van der Waals surface area contributed by atoms with Crippen molar-refractivity contribution in [3.05, 3.63) is 60.2 Å². The van der Waals surface area contributed by atoms with Crippen LogP contribution in [0.1, 0.15) is 26.3 Å². The van der Waals surface area contributed by atoms with Crippen LogP contribution in [0.15, 0.2) is 54.6 Å². The number of fused-ring (bicyclic) bond motifs is 4. The molecule has 3 aromatic carbocycles. The summed E-state index contributed by atoms with van der Waals surface area (Å²) >= 11 is 0. The van der Waals surface area contributed by atoms with Crippen LogP contribution in [0.25, 0.3) is 32.6 Å². The first-order valence-electron chi connectivity index (χ1n) is 7.86. The molecule has 1 aromatic heterocycles. The Morgan fingerprint density at radius 3 is 2.05 bits per heavy atom. The molecule has 0 radical (unpaired) electrons. The average Bonchev–Trinajstić information content (AvgIpc) is 2.77. The topological polar surface area (TPSA) is 4.93 Å². The predicted octanol–water partition coefficient (Wildman–Crippen LogP) is 5.78. The van der Waals surface area contributed by atoms with E-state index in [1.165, 1.54) is 38.1 Å². The van der Waals surface area contributed by atoms with Gasteiger partial charge in [-0.2, -0.15) is 0 Å². The van der Waals surface area contributed by atoms with Gasteiger partial charge in [0.25, 0.3) is 0 Å². The summed E-state index contributed by atoms with van der Waals surface area (Å²) in [5, 5.41) is 5.32. The van der Waals surface area contributed by atoms with E-state index in [-0.39, 0.29) is 5.41 Å². The van der Waals surface area contributed by atoms with E-state index in [9.17, 15) is 0 Å². The van der Waals surface area contributed by atoms with Gasteiger partial charge in [0, 0.05) is 28.9 Å². The Morgan fingerprint density at radius 1 is 0.727 bits per heavy atom. The van der Waals surface area contributed by atoms with Crippen molar-refractivity contribution < 1.29 is 0 Å². The Labute approximate surface area is 131 Å². The molecule has 0 atom stereocenters. The summed E-state index contributed by atoms with van der Waals surface area (Å²) in [6, 6.07) is 20.1. The maximum absolute atomic E-state index is 2.37. The first-order valence-corrected chi connectivity index (χ1v) is 7.86. The van der Waals surface area contributed by atoms with Gasteiger partial charge in [0.05, 0.1) is 0 Å². The zero-order valence-corrected chi connectivity index (χ0v) is 13.6. The third-order valence-electron chi connectivity index (χ3n) is 4.74. The van der Waals surface area contributed by atoms with E-state index in [1.54, 1.807) is 0 Å². The largest absolute Gasteiger partial charge is 0.344 e. The van der Waals surface area contributed by atoms with Crippen LogP contribution in [-0.2, 0) is 12.5 Å². The minimum Gasteiger partial charge on any atom is -0.344 e. The van der Waals surface area contributed by atoms with Crippen LogP contribution in [-0.4, -0.2) is 4.57 Å². The van der Waals surface area contributed by atoms with Crippen LogP contribution < -0.4 is 0 Å². The van der Waals surface area contributed by atoms with Gasteiger partial charge in [-0.25, -0.2) is 0 Å². The second-order valence-corrected chi connectivity index (χ2v) is 7.26. The quantitative estimate of drug-likeness (QED) is 0.386. The fourth-order valence-corrected chi connectivity index (χ4v) is 3.36. The highest BCUT2D eigenvalue weighted by Gasteiger charge is 2.16. The summed E-state index contributed by atoms with van der Waals surface area (Å²) in [5.74, 6) is 0. The molecule has 1 heterocycles. The van der Waals surface area contributed by atoms with Gasteiger partial charge >= 0.3 is 0 Å². The van der Waals surface area contributed by atoms with E-state index in [4.69, 9.17) is 0 Å². The van der Waals surface area contributed by atoms with E-state index in [0.29, 0.717) is 0 Å². The lowest BCUT2D eigenvalue weighted by atomic mass is 9.86. The Balaban J connectivity index is 2.16. The number of aryl methyl sites for hydroxylation is 1. The highest BCUT2D eigenvalue weighted by atomic mass is 14.9. The normalized spacial score (nSPS) is 12.5. The van der Waals surface area contributed by atoms with Crippen molar-refractivity contribution in [3.63, 3.8) is 0 Å². The minimum absolute atomic E-state index is 0.174. The van der Waals surface area contributed by atoms with Gasteiger partial charge in [0.2, 0.25) is 0 Å². The number of benzene rings is 3. The molecule has 0 N–H and O–H groups in total. The molecule has 0 amide bonds. The molecule has 1 nitrogen and oxygen atoms in total. The maximum atomic E-state index is 2.37. The van der Waals surface area contributed by atoms with Crippen LogP contribution in [0.5, 0.6) is 0 Å². The second-order valence-electron chi connectivity index (χ2n) is 7.26. The zero-order valence-electron chi connectivity index (χ0n) is 13.6. The lowest BCUT2D eigenvalue weighted by Gasteiger charge is -2.19. The van der Waals surface area contributed by atoms with Crippen LogP contribution in [0.3, 0.4) is 0 Å². The van der Waals surface area contributed by atoms with Gasteiger partial charge in [-0.15, -0.1) is 0 Å². The third-order valence-corrected chi connectivity index (χ3v) is 4.74. The monoisotopic (exact) mass is 287 g/mol. The van der Waals surface area contributed by atoms with Crippen molar-refractivity contribution in [3.8, 4) is 0 Å². The van der Waals surface area contributed by atoms with E-state index < -0.39 is 0 Å². The van der Waals surface area contributed by atoms with E-state index in [2.05, 4.69) is 87.0 Å². The lowest BCUT2D eigenvalue weighted by molar-refractivity contribution is 0.591. The summed E-state index contributed by atoms with van der Waals surface area (Å²) in [4.78, 5) is 0. The van der Waals surface area contributed by atoms with Crippen LogP contribution in [0.2, 0.25) is 0 Å². The number of nitrogens with zero attached hydrogens (tertiary/aromatic N) is 1. The fraction of sp³-hybridized carbons (Fsp3) is 0.238. The SMILES string of the molecule is Cn1c2ccc(C(C)(C)C)cc2c2cc3ccccc3cc21. The summed E-state index contributed by atoms with van der Waals surface area (Å²) < 4.78 is 2.31. The molecule has 0 saturated heterocycles. The molecule has 4 rings (SSSR count). The summed E-state index contributed by atoms with van der Waals surface area (Å²) in [6.07, 6.45) is 0. The first-order chi connectivity index (χ1) is 10.4. The molecule has 0 bridgehead atoms. The molecule has 0 saturated carbocycles. The Kier molecular flexibility index (Phi) is 2.65. The molecule has 0 aliphatic carbocycles. The highest BCUT2D eigenvalue weighted by molar-refractivity contribution is 6.12. The minimum atomic E-state index is 0.174. The van der Waals surface area contributed by atoms with Crippen LogP contribution in [0, 0.1) is 0 Å². The lowest BCUT2D eigenvalue weighted by Crippen LogP contribution is -2.10. The molecule has 110 valence electrons. The number of rotatable bonds is 0. The fourth-order valence-electron chi connectivity index (χ4n) is 3.36. The van der Waals surface area contributed by atoms with Gasteiger partial charge in [-0.1, -0.05) is 51.1 Å². The highest BCUT2D eigenvalue weighted by Crippen LogP contribution is 2.34. The van der Waals surface area contributed by atoms with E-state index in [0.717, 1.165) is 0 Å². The van der Waals surface area contributed by atoms with E-state index >= 15 is 0 Å². The van der Waals surface area contributed by atoms with Crippen molar-refractivity contribution >= 4 is 32.6 Å². The van der Waals surface area contributed by atoms with Gasteiger partial charge in [-0.05, 0) is 46.0 Å². The van der Waals surface area contributed by atoms with Crippen molar-refractivity contribution in [1.82, 2.24) is 4.57 Å². The summed E-state index contributed by atoms with van der Waals surface area (Å²) in [5.41, 5.74) is 4.17. The van der Waals surface area contributed by atoms with E-state index in [1.807, 2.05) is 0 Å². The number of hydrogen-bond acceptors (Lipinski definition) is 0. The number of aromatic nitrogens is 1. The van der Waals surface area contributed by atoms with Gasteiger partial charge in [0.1, 0.15) is 0 Å². The molecule has 1 heteroatoms. The van der Waals surface area contributed by atoms with Crippen molar-refractivity contribution in [1.29, 1.82) is 0 Å². The maximum Gasteiger partial charge on any atom is 0.0495 e. The second kappa shape index (κ2) is 4.36. The number of hydrogen-bond donors (Lipinski definition) is 0. The zero-order chi connectivity index (χ0) is 15.5. The molecular formula is C21H21N. The standard InChI is InChI=1S/C21H21N/c1-21(2,3)16-9-10-19-18(13-16)17-11-14-7-5-6-8-15(14)12-20(17)22(19)4/h5-13H,1-4H3. The Hall–Kier alpha value is -2.28. The molecule has 0 spiro atoms. The average molecular weight is 287 g/mol. The Bertz CT molecular complexity index is 1010. The van der Waals surface area contributed by atoms with Gasteiger partial charge < -0.3 is 4.57 Å². The smallest absolute Gasteiger partial charge is 0.0495 e. The molecule has 22 heavy (non-hydrogen) atoms. The first kappa shape index (κ1) is 13.4. The van der Waals surface area contributed by atoms with Gasteiger partial charge in [-0.3, -0.25) is 0 Å². The Morgan fingerprint density at radius 2 is 1.36 bits per heavy atom. The van der Waals surface area contributed by atoms with Gasteiger partial charge in [0.15, 0.2) is 0 Å². The van der Waals surface area contributed by atoms with Crippen LogP contribution >= 0.6 is 0 Å². The molecule has 0 aliphatic rings. The summed E-state index contributed by atoms with van der Waals surface area (Å²) in [7, 11) is 2.16. The predicted molar refractivity (Wildman–Crippen MR) is 96.6 cm³/mol. The van der Waals surface area contributed by atoms with Crippen molar-refractivity contribution in [2.75, 3.05) is 0 Å². The van der Waals surface area contributed by atoms with Crippen molar-refractivity contribution in [2.45, 2.75) is 26.2 Å². The molecule has 4 aromatic rings. The third kappa shape index (κ3) is 1.85.